The van der Waals surface area contributed by atoms with Gasteiger partial charge in [0.1, 0.15) is 5.75 Å². The van der Waals surface area contributed by atoms with Crippen LogP contribution >= 0.6 is 0 Å². The number of ether oxygens (including phenoxy) is 1. The molecule has 154 valence electrons. The molecule has 8 nitrogen and oxygen atoms in total. The van der Waals surface area contributed by atoms with Crippen molar-refractivity contribution in [2.75, 3.05) is 32.0 Å². The number of hydrogen-bond donors (Lipinski definition) is 3. The van der Waals surface area contributed by atoms with Crippen LogP contribution in [0.3, 0.4) is 0 Å². The van der Waals surface area contributed by atoms with Crippen LogP contribution in [0.1, 0.15) is 48.0 Å². The highest BCUT2D eigenvalue weighted by atomic mass is 32.2. The van der Waals surface area contributed by atoms with Gasteiger partial charge in [0.2, 0.25) is 10.0 Å². The highest BCUT2D eigenvalue weighted by molar-refractivity contribution is 7.89. The third-order valence-corrected chi connectivity index (χ3v) is 7.21. The smallest absolute Gasteiger partial charge is 0.250 e. The van der Waals surface area contributed by atoms with Gasteiger partial charge in [-0.25, -0.2) is 12.7 Å². The first kappa shape index (κ1) is 20.6. The van der Waals surface area contributed by atoms with Crippen LogP contribution in [0.2, 0.25) is 0 Å². The lowest BCUT2D eigenvalue weighted by Crippen LogP contribution is -2.38. The van der Waals surface area contributed by atoms with Gasteiger partial charge in [-0.2, -0.15) is 0 Å². The Labute approximate surface area is 165 Å². The molecule has 1 aromatic carbocycles. The van der Waals surface area contributed by atoms with Crippen LogP contribution in [0.4, 0.5) is 0 Å². The summed E-state index contributed by atoms with van der Waals surface area (Å²) in [5, 5.41) is 0.899. The summed E-state index contributed by atoms with van der Waals surface area (Å²) in [6, 6.07) is 3.57. The van der Waals surface area contributed by atoms with Crippen LogP contribution < -0.4 is 16.2 Å². The van der Waals surface area contributed by atoms with E-state index >= 15 is 0 Å². The number of fused-ring (bicyclic) bond motifs is 1. The lowest BCUT2D eigenvalue weighted by molar-refractivity contribution is 0.100. The zero-order chi connectivity index (χ0) is 20.3. The Morgan fingerprint density at radius 1 is 1.32 bits per heavy atom. The number of primary amides is 1. The van der Waals surface area contributed by atoms with E-state index < -0.39 is 15.9 Å². The summed E-state index contributed by atoms with van der Waals surface area (Å²) >= 11 is 0. The van der Waals surface area contributed by atoms with Gasteiger partial charge in [-0.1, -0.05) is 0 Å². The molecule has 28 heavy (non-hydrogen) atoms. The average molecular weight is 409 g/mol. The Morgan fingerprint density at radius 2 is 2.04 bits per heavy atom. The molecule has 0 spiro atoms. The van der Waals surface area contributed by atoms with E-state index in [1.807, 2.05) is 12.3 Å². The molecule has 1 amide bonds. The van der Waals surface area contributed by atoms with E-state index in [2.05, 4.69) is 4.98 Å². The van der Waals surface area contributed by atoms with Crippen molar-refractivity contribution in [3.63, 3.8) is 0 Å². The van der Waals surface area contributed by atoms with E-state index in [0.29, 0.717) is 49.5 Å². The largest absolute Gasteiger partial charge is 0.493 e. The van der Waals surface area contributed by atoms with Crippen LogP contribution in [0.5, 0.6) is 5.75 Å². The second kappa shape index (κ2) is 8.50. The van der Waals surface area contributed by atoms with E-state index in [-0.39, 0.29) is 11.7 Å². The van der Waals surface area contributed by atoms with E-state index in [4.69, 9.17) is 16.2 Å². The van der Waals surface area contributed by atoms with Crippen molar-refractivity contribution in [3.8, 4) is 5.75 Å². The van der Waals surface area contributed by atoms with Gasteiger partial charge in [0.05, 0.1) is 23.4 Å². The van der Waals surface area contributed by atoms with E-state index in [1.54, 1.807) is 17.3 Å². The fraction of sp³-hybridized carbons (Fsp3) is 0.526. The quantitative estimate of drug-likeness (QED) is 0.570. The molecule has 1 aromatic heterocycles. The number of amides is 1. The SMILES string of the molecule is CCS(=O)(=O)N1CCC(c2c[nH]c3c(C(N)=O)cc(OCCCN)cc23)CC1. The van der Waals surface area contributed by atoms with Crippen LogP contribution in [0.15, 0.2) is 18.3 Å². The van der Waals surface area contributed by atoms with Crippen molar-refractivity contribution in [1.82, 2.24) is 9.29 Å². The summed E-state index contributed by atoms with van der Waals surface area (Å²) in [6.07, 6.45) is 4.08. The first-order valence-electron chi connectivity index (χ1n) is 9.63. The molecule has 1 aliphatic heterocycles. The number of carbonyl (C=O) groups is 1. The minimum absolute atomic E-state index is 0.121. The normalized spacial score (nSPS) is 16.5. The number of piperidine rings is 1. The predicted octanol–water partition coefficient (Wildman–Crippen LogP) is 1.52. The van der Waals surface area contributed by atoms with Crippen molar-refractivity contribution < 1.29 is 17.9 Å². The number of carbonyl (C=O) groups excluding carboxylic acids is 1. The lowest BCUT2D eigenvalue weighted by atomic mass is 9.89. The Bertz CT molecular complexity index is 946. The van der Waals surface area contributed by atoms with Gasteiger partial charge >= 0.3 is 0 Å². The number of aromatic amines is 1. The average Bonchev–Trinajstić information content (AvgIpc) is 3.11. The molecule has 1 saturated heterocycles. The Kier molecular flexibility index (Phi) is 6.26. The molecular formula is C19H28N4O4S. The molecule has 2 aromatic rings. The Morgan fingerprint density at radius 3 is 2.64 bits per heavy atom. The summed E-state index contributed by atoms with van der Waals surface area (Å²) in [5.74, 6) is 0.390. The maximum absolute atomic E-state index is 12.1. The molecule has 5 N–H and O–H groups in total. The van der Waals surface area contributed by atoms with Gasteiger partial charge in [-0.15, -0.1) is 0 Å². The number of nitrogens with one attached hydrogen (secondary N) is 1. The number of sulfonamides is 1. The third kappa shape index (κ3) is 4.16. The molecule has 0 unspecified atom stereocenters. The number of aromatic nitrogens is 1. The number of rotatable bonds is 8. The zero-order valence-corrected chi connectivity index (χ0v) is 16.9. The van der Waals surface area contributed by atoms with Crippen molar-refractivity contribution in [2.45, 2.75) is 32.1 Å². The molecule has 1 aliphatic rings. The highest BCUT2D eigenvalue weighted by Crippen LogP contribution is 2.36. The molecule has 0 bridgehead atoms. The monoisotopic (exact) mass is 408 g/mol. The van der Waals surface area contributed by atoms with E-state index in [0.717, 1.165) is 23.8 Å². The predicted molar refractivity (Wildman–Crippen MR) is 109 cm³/mol. The second-order valence-electron chi connectivity index (χ2n) is 7.07. The van der Waals surface area contributed by atoms with Gasteiger partial charge < -0.3 is 21.2 Å². The Hall–Kier alpha value is -2.10. The molecule has 1 fully saturated rings. The first-order valence-corrected chi connectivity index (χ1v) is 11.2. The van der Waals surface area contributed by atoms with Crippen LogP contribution in [0.25, 0.3) is 10.9 Å². The van der Waals surface area contributed by atoms with Crippen molar-refractivity contribution in [1.29, 1.82) is 0 Å². The molecule has 0 aliphatic carbocycles. The minimum Gasteiger partial charge on any atom is -0.493 e. The summed E-state index contributed by atoms with van der Waals surface area (Å²) in [7, 11) is -3.16. The van der Waals surface area contributed by atoms with E-state index in [1.165, 1.54) is 0 Å². The molecular weight excluding hydrogens is 380 g/mol. The number of H-pyrrole nitrogens is 1. The topological polar surface area (TPSA) is 132 Å². The van der Waals surface area contributed by atoms with Gasteiger partial charge in [0, 0.05) is 24.7 Å². The van der Waals surface area contributed by atoms with Gasteiger partial charge in [-0.3, -0.25) is 4.79 Å². The number of benzene rings is 1. The maximum atomic E-state index is 12.1. The number of nitrogens with two attached hydrogens (primary N) is 2. The number of nitrogens with zero attached hydrogens (tertiary/aromatic N) is 1. The van der Waals surface area contributed by atoms with Gasteiger partial charge in [0.25, 0.3) is 5.91 Å². The summed E-state index contributed by atoms with van der Waals surface area (Å²) in [6.45, 7) is 3.66. The van der Waals surface area contributed by atoms with Crippen molar-refractivity contribution in [3.05, 3.63) is 29.5 Å². The van der Waals surface area contributed by atoms with Crippen molar-refractivity contribution in [2.24, 2.45) is 11.5 Å². The molecule has 0 radical (unpaired) electrons. The summed E-state index contributed by atoms with van der Waals surface area (Å²) in [4.78, 5) is 15.1. The second-order valence-corrected chi connectivity index (χ2v) is 9.32. The lowest BCUT2D eigenvalue weighted by Gasteiger charge is -2.30. The zero-order valence-electron chi connectivity index (χ0n) is 16.1. The standard InChI is InChI=1S/C19H28N4O4S/c1-2-28(25,26)23-7-4-13(5-8-23)17-12-22-18-15(17)10-14(27-9-3-6-20)11-16(18)19(21)24/h10-13,22H,2-9,20H2,1H3,(H2,21,24). The summed E-state index contributed by atoms with van der Waals surface area (Å²) in [5.41, 5.74) is 13.2. The fourth-order valence-corrected chi connectivity index (χ4v) is 4.88. The molecule has 2 heterocycles. The van der Waals surface area contributed by atoms with Crippen molar-refractivity contribution >= 4 is 26.8 Å². The highest BCUT2D eigenvalue weighted by Gasteiger charge is 2.29. The summed E-state index contributed by atoms with van der Waals surface area (Å²) < 4.78 is 31.5. The Balaban J connectivity index is 1.89. The maximum Gasteiger partial charge on any atom is 0.250 e. The van der Waals surface area contributed by atoms with Gasteiger partial charge in [-0.05, 0) is 56.3 Å². The minimum atomic E-state index is -3.16. The van der Waals surface area contributed by atoms with Crippen LogP contribution in [0, 0.1) is 0 Å². The fourth-order valence-electron chi connectivity index (χ4n) is 3.74. The van der Waals surface area contributed by atoms with Crippen LogP contribution in [-0.2, 0) is 10.0 Å². The van der Waals surface area contributed by atoms with Gasteiger partial charge in [0.15, 0.2) is 0 Å². The molecule has 9 heteroatoms. The number of hydrogen-bond acceptors (Lipinski definition) is 5. The van der Waals surface area contributed by atoms with E-state index in [9.17, 15) is 13.2 Å². The first-order chi connectivity index (χ1) is 13.4. The molecule has 0 atom stereocenters. The van der Waals surface area contributed by atoms with Crippen LogP contribution in [-0.4, -0.2) is 55.6 Å². The molecule has 3 rings (SSSR count). The third-order valence-electron chi connectivity index (χ3n) is 5.33. The molecule has 0 saturated carbocycles.